The standard InChI is InChI=1S/C9H10BrNOS/c1-5(10)9(12)6-2-3-7(11)8(13)4-6/h2-5,13H,11H2,1H3. The number of hydrogen-bond acceptors (Lipinski definition) is 3. The van der Waals surface area contributed by atoms with Crippen LogP contribution < -0.4 is 5.73 Å². The van der Waals surface area contributed by atoms with Gasteiger partial charge in [0.2, 0.25) is 0 Å². The molecular weight excluding hydrogens is 250 g/mol. The van der Waals surface area contributed by atoms with E-state index in [9.17, 15) is 4.79 Å². The van der Waals surface area contributed by atoms with Crippen LogP contribution in [0.5, 0.6) is 0 Å². The number of hydrogen-bond donors (Lipinski definition) is 2. The maximum Gasteiger partial charge on any atom is 0.176 e. The molecule has 2 N–H and O–H groups in total. The first-order chi connectivity index (χ1) is 6.02. The Labute approximate surface area is 91.1 Å². The second-order valence-corrected chi connectivity index (χ2v) is 4.61. The number of alkyl halides is 1. The summed E-state index contributed by atoms with van der Waals surface area (Å²) in [6, 6.07) is 5.07. The summed E-state index contributed by atoms with van der Waals surface area (Å²) in [5.74, 6) is 0.0373. The first-order valence-electron chi connectivity index (χ1n) is 3.79. The molecule has 1 atom stereocenters. The molecule has 0 aliphatic rings. The number of halogens is 1. The Hall–Kier alpha value is -0.480. The van der Waals surface area contributed by atoms with Gasteiger partial charge in [-0.25, -0.2) is 0 Å². The van der Waals surface area contributed by atoms with Crippen LogP contribution in [0.1, 0.15) is 17.3 Å². The molecule has 0 bridgehead atoms. The van der Waals surface area contributed by atoms with E-state index < -0.39 is 0 Å². The van der Waals surface area contributed by atoms with Crippen molar-refractivity contribution in [1.29, 1.82) is 0 Å². The van der Waals surface area contributed by atoms with Crippen molar-refractivity contribution < 1.29 is 4.79 Å². The van der Waals surface area contributed by atoms with Gasteiger partial charge in [0, 0.05) is 16.1 Å². The lowest BCUT2D eigenvalue weighted by molar-refractivity contribution is 0.0995. The number of carbonyl (C=O) groups excluding carboxylic acids is 1. The largest absolute Gasteiger partial charge is 0.398 e. The molecule has 0 saturated carbocycles. The predicted molar refractivity (Wildman–Crippen MR) is 60.8 cm³/mol. The maximum absolute atomic E-state index is 11.5. The van der Waals surface area contributed by atoms with Crippen molar-refractivity contribution in [2.45, 2.75) is 16.6 Å². The Morgan fingerprint density at radius 1 is 1.62 bits per heavy atom. The summed E-state index contributed by atoms with van der Waals surface area (Å²) in [7, 11) is 0. The van der Waals surface area contributed by atoms with Gasteiger partial charge in [-0.1, -0.05) is 15.9 Å². The lowest BCUT2D eigenvalue weighted by Crippen LogP contribution is -2.09. The topological polar surface area (TPSA) is 43.1 Å². The highest BCUT2D eigenvalue weighted by Crippen LogP contribution is 2.19. The van der Waals surface area contributed by atoms with Crippen molar-refractivity contribution in [3.05, 3.63) is 23.8 Å². The van der Waals surface area contributed by atoms with Gasteiger partial charge in [0.25, 0.3) is 0 Å². The van der Waals surface area contributed by atoms with Crippen molar-refractivity contribution >= 4 is 40.0 Å². The average Bonchev–Trinajstić information content (AvgIpc) is 2.08. The van der Waals surface area contributed by atoms with E-state index >= 15 is 0 Å². The van der Waals surface area contributed by atoms with Gasteiger partial charge in [0.1, 0.15) is 0 Å². The predicted octanol–water partition coefficient (Wildman–Crippen LogP) is 2.52. The number of Topliss-reactive ketones (excluding diaryl/α,β-unsaturated/α-hetero) is 1. The second-order valence-electron chi connectivity index (χ2n) is 2.75. The molecule has 0 amide bonds. The summed E-state index contributed by atoms with van der Waals surface area (Å²) in [5, 5.41) is 0. The molecule has 2 nitrogen and oxygen atoms in total. The fourth-order valence-corrected chi connectivity index (χ4v) is 1.40. The van der Waals surface area contributed by atoms with Crippen LogP contribution in [0.4, 0.5) is 5.69 Å². The molecule has 0 saturated heterocycles. The molecule has 0 heterocycles. The number of benzene rings is 1. The van der Waals surface area contributed by atoms with Gasteiger partial charge < -0.3 is 5.73 Å². The van der Waals surface area contributed by atoms with E-state index in [0.717, 1.165) is 0 Å². The summed E-state index contributed by atoms with van der Waals surface area (Å²) < 4.78 is 0. The monoisotopic (exact) mass is 259 g/mol. The summed E-state index contributed by atoms with van der Waals surface area (Å²) >= 11 is 7.35. The van der Waals surface area contributed by atoms with Crippen LogP contribution >= 0.6 is 28.6 Å². The van der Waals surface area contributed by atoms with Crippen LogP contribution in [0.2, 0.25) is 0 Å². The van der Waals surface area contributed by atoms with Gasteiger partial charge >= 0.3 is 0 Å². The molecule has 13 heavy (non-hydrogen) atoms. The molecule has 0 aliphatic heterocycles. The molecule has 0 aliphatic carbocycles. The van der Waals surface area contributed by atoms with Gasteiger partial charge in [0.15, 0.2) is 5.78 Å². The summed E-state index contributed by atoms with van der Waals surface area (Å²) in [6.07, 6.45) is 0. The van der Waals surface area contributed by atoms with E-state index in [1.807, 2.05) is 0 Å². The minimum Gasteiger partial charge on any atom is -0.398 e. The molecule has 1 unspecified atom stereocenters. The van der Waals surface area contributed by atoms with Crippen molar-refractivity contribution in [2.24, 2.45) is 0 Å². The fourth-order valence-electron chi connectivity index (χ4n) is 0.927. The summed E-state index contributed by atoms with van der Waals surface area (Å²) in [5.41, 5.74) is 6.78. The van der Waals surface area contributed by atoms with Crippen LogP contribution in [-0.4, -0.2) is 10.6 Å². The van der Waals surface area contributed by atoms with Crippen molar-refractivity contribution in [3.63, 3.8) is 0 Å². The van der Waals surface area contributed by atoms with Crippen LogP contribution in [0, 0.1) is 0 Å². The van der Waals surface area contributed by atoms with Crippen LogP contribution in [0.15, 0.2) is 23.1 Å². The number of carbonyl (C=O) groups is 1. The van der Waals surface area contributed by atoms with Crippen molar-refractivity contribution in [1.82, 2.24) is 0 Å². The van der Waals surface area contributed by atoms with Gasteiger partial charge in [-0.3, -0.25) is 4.79 Å². The van der Waals surface area contributed by atoms with E-state index in [1.54, 1.807) is 25.1 Å². The Morgan fingerprint density at radius 2 is 2.23 bits per heavy atom. The Bertz CT molecular complexity index is 338. The SMILES string of the molecule is CC(Br)C(=O)c1ccc(N)c(S)c1. The molecular formula is C9H10BrNOS. The highest BCUT2D eigenvalue weighted by atomic mass is 79.9. The van der Waals surface area contributed by atoms with Gasteiger partial charge in [-0.15, -0.1) is 12.6 Å². The Balaban J connectivity index is 3.04. The van der Waals surface area contributed by atoms with E-state index in [4.69, 9.17) is 5.73 Å². The molecule has 0 spiro atoms. The quantitative estimate of drug-likeness (QED) is 0.371. The molecule has 0 aromatic heterocycles. The highest BCUT2D eigenvalue weighted by molar-refractivity contribution is 9.10. The third-order valence-electron chi connectivity index (χ3n) is 1.68. The van der Waals surface area contributed by atoms with Crippen LogP contribution in [0.3, 0.4) is 0 Å². The maximum atomic E-state index is 11.5. The summed E-state index contributed by atoms with van der Waals surface area (Å²) in [4.78, 5) is 11.9. The molecule has 70 valence electrons. The zero-order chi connectivity index (χ0) is 10.0. The summed E-state index contributed by atoms with van der Waals surface area (Å²) in [6.45, 7) is 1.79. The lowest BCUT2D eigenvalue weighted by atomic mass is 10.1. The number of anilines is 1. The van der Waals surface area contributed by atoms with E-state index in [0.29, 0.717) is 16.1 Å². The number of rotatable bonds is 2. The number of nitrogen functional groups attached to an aromatic ring is 1. The fraction of sp³-hybridized carbons (Fsp3) is 0.222. The van der Waals surface area contributed by atoms with Crippen molar-refractivity contribution in [3.8, 4) is 0 Å². The van der Waals surface area contributed by atoms with Crippen LogP contribution in [0.25, 0.3) is 0 Å². The minimum absolute atomic E-state index is 0.0373. The zero-order valence-corrected chi connectivity index (χ0v) is 9.60. The third kappa shape index (κ3) is 2.48. The molecule has 0 radical (unpaired) electrons. The van der Waals surface area contributed by atoms with Crippen LogP contribution in [-0.2, 0) is 0 Å². The Morgan fingerprint density at radius 3 is 2.69 bits per heavy atom. The molecule has 1 aromatic carbocycles. The third-order valence-corrected chi connectivity index (χ3v) is 2.48. The smallest absolute Gasteiger partial charge is 0.176 e. The van der Waals surface area contributed by atoms with Crippen molar-refractivity contribution in [2.75, 3.05) is 5.73 Å². The first kappa shape index (κ1) is 10.6. The number of ketones is 1. The molecule has 0 fully saturated rings. The number of thiol groups is 1. The minimum atomic E-state index is -0.177. The molecule has 1 aromatic rings. The van der Waals surface area contributed by atoms with Gasteiger partial charge in [0.05, 0.1) is 4.83 Å². The zero-order valence-electron chi connectivity index (χ0n) is 7.12. The normalized spacial score (nSPS) is 12.5. The molecule has 4 heteroatoms. The molecule has 1 rings (SSSR count). The number of nitrogens with two attached hydrogens (primary N) is 1. The van der Waals surface area contributed by atoms with Gasteiger partial charge in [-0.05, 0) is 25.1 Å². The average molecular weight is 260 g/mol. The Kier molecular flexibility index (Phi) is 3.39. The highest BCUT2D eigenvalue weighted by Gasteiger charge is 2.12. The lowest BCUT2D eigenvalue weighted by Gasteiger charge is -2.04. The second kappa shape index (κ2) is 4.15. The van der Waals surface area contributed by atoms with E-state index in [2.05, 4.69) is 28.6 Å². The van der Waals surface area contributed by atoms with E-state index in [1.165, 1.54) is 0 Å². The first-order valence-corrected chi connectivity index (χ1v) is 5.15. The van der Waals surface area contributed by atoms with Gasteiger partial charge in [-0.2, -0.15) is 0 Å². The van der Waals surface area contributed by atoms with E-state index in [-0.39, 0.29) is 10.6 Å².